The summed E-state index contributed by atoms with van der Waals surface area (Å²) in [6.07, 6.45) is 0.577. The fourth-order valence-electron chi connectivity index (χ4n) is 2.67. The summed E-state index contributed by atoms with van der Waals surface area (Å²) in [4.78, 5) is 13.8. The van der Waals surface area contributed by atoms with Crippen molar-refractivity contribution in [1.82, 2.24) is 24.9 Å². The van der Waals surface area contributed by atoms with E-state index in [1.54, 1.807) is 35.8 Å². The molecule has 136 valence electrons. The second-order valence-corrected chi connectivity index (χ2v) is 6.18. The molecule has 0 saturated carbocycles. The number of halogens is 1. The van der Waals surface area contributed by atoms with Crippen molar-refractivity contribution in [3.05, 3.63) is 53.3 Å². The van der Waals surface area contributed by atoms with E-state index < -0.39 is 0 Å². The van der Waals surface area contributed by atoms with Gasteiger partial charge in [-0.1, -0.05) is 12.1 Å². The van der Waals surface area contributed by atoms with Crippen LogP contribution in [0.25, 0.3) is 11.6 Å². The second-order valence-electron chi connectivity index (χ2n) is 6.18. The van der Waals surface area contributed by atoms with Gasteiger partial charge in [-0.05, 0) is 30.7 Å². The SMILES string of the molecule is Cc1cc(-c2nnc(CCC(=O)N(C)Cc3cccc(F)c3)o2)n(C)n1. The Morgan fingerprint density at radius 2 is 2.12 bits per heavy atom. The first-order chi connectivity index (χ1) is 12.4. The minimum absolute atomic E-state index is 0.0783. The van der Waals surface area contributed by atoms with Crippen LogP contribution in [0.1, 0.15) is 23.6 Å². The number of aryl methyl sites for hydroxylation is 3. The predicted molar refractivity (Wildman–Crippen MR) is 92.4 cm³/mol. The van der Waals surface area contributed by atoms with E-state index in [4.69, 9.17) is 4.42 Å². The average Bonchev–Trinajstić information content (AvgIpc) is 3.18. The first-order valence-corrected chi connectivity index (χ1v) is 8.24. The van der Waals surface area contributed by atoms with Gasteiger partial charge >= 0.3 is 0 Å². The highest BCUT2D eigenvalue weighted by atomic mass is 19.1. The molecule has 3 rings (SSSR count). The zero-order valence-corrected chi connectivity index (χ0v) is 14.9. The normalized spacial score (nSPS) is 10.9. The topological polar surface area (TPSA) is 77.0 Å². The quantitative estimate of drug-likeness (QED) is 0.677. The van der Waals surface area contributed by atoms with Crippen LogP contribution in [0.15, 0.2) is 34.7 Å². The summed E-state index contributed by atoms with van der Waals surface area (Å²) >= 11 is 0. The minimum Gasteiger partial charge on any atom is -0.419 e. The van der Waals surface area contributed by atoms with Crippen molar-refractivity contribution in [2.45, 2.75) is 26.3 Å². The molecular formula is C18H20FN5O2. The lowest BCUT2D eigenvalue weighted by atomic mass is 10.2. The molecule has 0 N–H and O–H groups in total. The van der Waals surface area contributed by atoms with E-state index in [1.165, 1.54) is 12.1 Å². The third kappa shape index (κ3) is 4.14. The molecule has 0 aliphatic rings. The van der Waals surface area contributed by atoms with E-state index in [0.29, 0.717) is 24.7 Å². The summed E-state index contributed by atoms with van der Waals surface area (Å²) < 4.78 is 20.5. The molecule has 0 radical (unpaired) electrons. The van der Waals surface area contributed by atoms with Gasteiger partial charge in [0.15, 0.2) is 0 Å². The van der Waals surface area contributed by atoms with E-state index in [2.05, 4.69) is 15.3 Å². The van der Waals surface area contributed by atoms with Crippen molar-refractivity contribution in [3.8, 4) is 11.6 Å². The molecule has 3 aromatic rings. The molecule has 0 saturated heterocycles. The van der Waals surface area contributed by atoms with E-state index in [1.807, 2.05) is 13.0 Å². The maximum atomic E-state index is 13.2. The number of benzene rings is 1. The number of rotatable bonds is 6. The summed E-state index contributed by atoms with van der Waals surface area (Å²) in [6.45, 7) is 2.23. The Bertz CT molecular complexity index is 918. The highest BCUT2D eigenvalue weighted by Gasteiger charge is 2.15. The van der Waals surface area contributed by atoms with Crippen LogP contribution in [0.2, 0.25) is 0 Å². The van der Waals surface area contributed by atoms with Gasteiger partial charge in [0.25, 0.3) is 5.89 Å². The molecule has 0 bridgehead atoms. The third-order valence-corrected chi connectivity index (χ3v) is 3.98. The average molecular weight is 357 g/mol. The summed E-state index contributed by atoms with van der Waals surface area (Å²) in [7, 11) is 3.49. The number of hydrogen-bond acceptors (Lipinski definition) is 5. The predicted octanol–water partition coefficient (Wildman–Crippen LogP) is 2.51. The molecule has 7 nitrogen and oxygen atoms in total. The molecule has 26 heavy (non-hydrogen) atoms. The Labute approximate surface area is 150 Å². The minimum atomic E-state index is -0.313. The maximum absolute atomic E-state index is 13.2. The second kappa shape index (κ2) is 7.47. The Hall–Kier alpha value is -3.03. The number of hydrogen-bond donors (Lipinski definition) is 0. The number of carbonyl (C=O) groups excluding carboxylic acids is 1. The number of carbonyl (C=O) groups is 1. The Kier molecular flexibility index (Phi) is 5.11. The van der Waals surface area contributed by atoms with Gasteiger partial charge in [-0.15, -0.1) is 10.2 Å². The molecular weight excluding hydrogens is 337 g/mol. The molecule has 2 aromatic heterocycles. The first kappa shape index (κ1) is 17.8. The van der Waals surface area contributed by atoms with Crippen LogP contribution < -0.4 is 0 Å². The van der Waals surface area contributed by atoms with Crippen LogP contribution in [0.3, 0.4) is 0 Å². The highest BCUT2D eigenvalue weighted by molar-refractivity contribution is 5.76. The van der Waals surface area contributed by atoms with Gasteiger partial charge in [0.2, 0.25) is 11.8 Å². The van der Waals surface area contributed by atoms with Crippen molar-refractivity contribution in [3.63, 3.8) is 0 Å². The van der Waals surface area contributed by atoms with Gasteiger partial charge in [0.05, 0.1) is 5.69 Å². The van der Waals surface area contributed by atoms with Gasteiger partial charge in [0, 0.05) is 33.5 Å². The summed E-state index contributed by atoms with van der Waals surface area (Å²) in [5.41, 5.74) is 2.33. The highest BCUT2D eigenvalue weighted by Crippen LogP contribution is 2.19. The van der Waals surface area contributed by atoms with Crippen molar-refractivity contribution in [1.29, 1.82) is 0 Å². The molecule has 0 fully saturated rings. The summed E-state index contributed by atoms with van der Waals surface area (Å²) in [5.74, 6) is 0.382. The van der Waals surface area contributed by atoms with E-state index in [0.717, 1.165) is 17.0 Å². The molecule has 0 aliphatic heterocycles. The zero-order chi connectivity index (χ0) is 18.7. The lowest BCUT2D eigenvalue weighted by Crippen LogP contribution is -2.26. The monoisotopic (exact) mass is 357 g/mol. The van der Waals surface area contributed by atoms with Crippen molar-refractivity contribution >= 4 is 5.91 Å². The van der Waals surface area contributed by atoms with Crippen LogP contribution in [0.5, 0.6) is 0 Å². The van der Waals surface area contributed by atoms with Crippen LogP contribution in [-0.2, 0) is 24.8 Å². The van der Waals surface area contributed by atoms with E-state index in [-0.39, 0.29) is 18.1 Å². The smallest absolute Gasteiger partial charge is 0.265 e. The van der Waals surface area contributed by atoms with Crippen molar-refractivity contribution in [2.24, 2.45) is 7.05 Å². The Morgan fingerprint density at radius 1 is 1.31 bits per heavy atom. The van der Waals surface area contributed by atoms with E-state index in [9.17, 15) is 9.18 Å². The summed E-state index contributed by atoms with van der Waals surface area (Å²) in [5, 5.41) is 12.3. The fourth-order valence-corrected chi connectivity index (χ4v) is 2.67. The Balaban J connectivity index is 1.57. The lowest BCUT2D eigenvalue weighted by molar-refractivity contribution is -0.130. The number of nitrogens with zero attached hydrogens (tertiary/aromatic N) is 5. The zero-order valence-electron chi connectivity index (χ0n) is 14.9. The Morgan fingerprint density at radius 3 is 2.81 bits per heavy atom. The van der Waals surface area contributed by atoms with Gasteiger partial charge < -0.3 is 9.32 Å². The first-order valence-electron chi connectivity index (χ1n) is 8.24. The van der Waals surface area contributed by atoms with Gasteiger partial charge in [-0.3, -0.25) is 9.48 Å². The molecule has 0 aliphatic carbocycles. The molecule has 1 amide bonds. The van der Waals surface area contributed by atoms with Gasteiger partial charge in [-0.25, -0.2) is 4.39 Å². The molecule has 1 aromatic carbocycles. The molecule has 0 spiro atoms. The number of amides is 1. The standard InChI is InChI=1S/C18H20FN5O2/c1-12-9-15(24(3)22-12)18-21-20-16(26-18)7-8-17(25)23(2)11-13-5-4-6-14(19)10-13/h4-6,9-10H,7-8,11H2,1-3H3. The van der Waals surface area contributed by atoms with Crippen LogP contribution in [-0.4, -0.2) is 37.8 Å². The maximum Gasteiger partial charge on any atom is 0.265 e. The van der Waals surface area contributed by atoms with Gasteiger partial charge in [-0.2, -0.15) is 5.10 Å². The van der Waals surface area contributed by atoms with Gasteiger partial charge in [0.1, 0.15) is 11.5 Å². The van der Waals surface area contributed by atoms with Crippen LogP contribution in [0.4, 0.5) is 4.39 Å². The third-order valence-electron chi connectivity index (χ3n) is 3.98. The van der Waals surface area contributed by atoms with Crippen molar-refractivity contribution < 1.29 is 13.6 Å². The molecule has 0 atom stereocenters. The van der Waals surface area contributed by atoms with Crippen LogP contribution >= 0.6 is 0 Å². The molecule has 0 unspecified atom stereocenters. The van der Waals surface area contributed by atoms with Crippen LogP contribution in [0, 0.1) is 12.7 Å². The lowest BCUT2D eigenvalue weighted by Gasteiger charge is -2.16. The molecule has 2 heterocycles. The number of aromatic nitrogens is 4. The van der Waals surface area contributed by atoms with Crippen molar-refractivity contribution in [2.75, 3.05) is 7.05 Å². The van der Waals surface area contributed by atoms with E-state index >= 15 is 0 Å². The molecule has 8 heteroatoms. The summed E-state index contributed by atoms with van der Waals surface area (Å²) in [6, 6.07) is 8.07. The fraction of sp³-hybridized carbons (Fsp3) is 0.333. The largest absolute Gasteiger partial charge is 0.419 e.